The molecule has 2 aromatic rings. The molecule has 0 aliphatic carbocycles. The fourth-order valence-electron chi connectivity index (χ4n) is 2.83. The SMILES string of the molecule is Cl.Cl.FC(F)(F)Cn1c(C2CCNCC2)nc2ccccc21. The Morgan fingerprint density at radius 2 is 1.77 bits per heavy atom. The van der Waals surface area contributed by atoms with E-state index >= 15 is 0 Å². The second kappa shape index (κ2) is 7.53. The number of alkyl halides is 3. The van der Waals surface area contributed by atoms with Crippen molar-refractivity contribution in [1.82, 2.24) is 14.9 Å². The van der Waals surface area contributed by atoms with Crippen LogP contribution in [0.4, 0.5) is 13.2 Å². The Labute approximate surface area is 139 Å². The molecule has 1 aromatic heterocycles. The first-order valence-electron chi connectivity index (χ1n) is 6.77. The highest BCUT2D eigenvalue weighted by molar-refractivity contribution is 5.85. The van der Waals surface area contributed by atoms with Gasteiger partial charge in [-0.05, 0) is 38.1 Å². The molecule has 1 N–H and O–H groups in total. The minimum atomic E-state index is -4.23. The molecule has 1 aromatic carbocycles. The number of halogens is 5. The van der Waals surface area contributed by atoms with Crippen LogP contribution in [-0.2, 0) is 6.54 Å². The van der Waals surface area contributed by atoms with E-state index in [0.29, 0.717) is 16.9 Å². The smallest absolute Gasteiger partial charge is 0.319 e. The van der Waals surface area contributed by atoms with Crippen molar-refractivity contribution >= 4 is 35.8 Å². The maximum Gasteiger partial charge on any atom is 0.406 e. The molecular weight excluding hydrogens is 338 g/mol. The highest BCUT2D eigenvalue weighted by Gasteiger charge is 2.32. The number of benzene rings is 1. The molecule has 0 spiro atoms. The molecule has 0 radical (unpaired) electrons. The van der Waals surface area contributed by atoms with Crippen molar-refractivity contribution in [3.8, 4) is 0 Å². The molecule has 0 amide bonds. The summed E-state index contributed by atoms with van der Waals surface area (Å²) in [5.74, 6) is 0.677. The van der Waals surface area contributed by atoms with E-state index in [4.69, 9.17) is 0 Å². The van der Waals surface area contributed by atoms with E-state index in [0.717, 1.165) is 25.9 Å². The summed E-state index contributed by atoms with van der Waals surface area (Å²) in [5, 5.41) is 3.23. The van der Waals surface area contributed by atoms with Crippen LogP contribution in [0.3, 0.4) is 0 Å². The van der Waals surface area contributed by atoms with Crippen LogP contribution in [0.2, 0.25) is 0 Å². The predicted octanol–water partition coefficient (Wildman–Crippen LogP) is 3.91. The van der Waals surface area contributed by atoms with Crippen molar-refractivity contribution in [3.63, 3.8) is 0 Å². The van der Waals surface area contributed by atoms with E-state index in [-0.39, 0.29) is 30.7 Å². The molecule has 1 aliphatic heterocycles. The number of nitrogens with one attached hydrogen (secondary N) is 1. The third kappa shape index (κ3) is 4.06. The van der Waals surface area contributed by atoms with Crippen LogP contribution in [0.15, 0.2) is 24.3 Å². The Bertz CT molecular complexity index is 607. The van der Waals surface area contributed by atoms with Crippen LogP contribution in [0, 0.1) is 0 Å². The van der Waals surface area contributed by atoms with Gasteiger partial charge in [0.1, 0.15) is 12.4 Å². The highest BCUT2D eigenvalue weighted by atomic mass is 35.5. The van der Waals surface area contributed by atoms with Gasteiger partial charge in [-0.15, -0.1) is 24.8 Å². The summed E-state index contributed by atoms with van der Waals surface area (Å²) < 4.78 is 39.8. The molecular formula is C14H18Cl2F3N3. The number of hydrogen-bond donors (Lipinski definition) is 1. The van der Waals surface area contributed by atoms with Crippen LogP contribution in [-0.4, -0.2) is 28.8 Å². The Kier molecular flexibility index (Phi) is 6.52. The fourth-order valence-corrected chi connectivity index (χ4v) is 2.83. The number of para-hydroxylation sites is 2. The zero-order valence-corrected chi connectivity index (χ0v) is 13.4. The van der Waals surface area contributed by atoms with Crippen LogP contribution >= 0.6 is 24.8 Å². The number of piperidine rings is 1. The molecule has 2 heterocycles. The number of imidazole rings is 1. The zero-order chi connectivity index (χ0) is 14.2. The minimum Gasteiger partial charge on any atom is -0.319 e. The first-order valence-corrected chi connectivity index (χ1v) is 6.77. The number of fused-ring (bicyclic) bond motifs is 1. The van der Waals surface area contributed by atoms with Gasteiger partial charge in [-0.2, -0.15) is 13.2 Å². The standard InChI is InChI=1S/C14H16F3N3.2ClH/c15-14(16,17)9-20-12-4-2-1-3-11(12)19-13(20)10-5-7-18-8-6-10;;/h1-4,10,18H,5-9H2;2*1H. The molecule has 0 saturated carbocycles. The van der Waals surface area contributed by atoms with Gasteiger partial charge in [0.15, 0.2) is 0 Å². The Morgan fingerprint density at radius 3 is 2.41 bits per heavy atom. The average molecular weight is 356 g/mol. The third-order valence-corrected chi connectivity index (χ3v) is 3.73. The number of rotatable bonds is 2. The fraction of sp³-hybridized carbons (Fsp3) is 0.500. The molecule has 1 saturated heterocycles. The lowest BCUT2D eigenvalue weighted by molar-refractivity contribution is -0.140. The third-order valence-electron chi connectivity index (χ3n) is 3.73. The van der Waals surface area contributed by atoms with Gasteiger partial charge >= 0.3 is 6.18 Å². The monoisotopic (exact) mass is 355 g/mol. The van der Waals surface area contributed by atoms with Crippen molar-refractivity contribution in [2.24, 2.45) is 0 Å². The molecule has 8 heteroatoms. The molecule has 0 unspecified atom stereocenters. The van der Waals surface area contributed by atoms with Gasteiger partial charge in [0.2, 0.25) is 0 Å². The molecule has 124 valence electrons. The van der Waals surface area contributed by atoms with Gasteiger partial charge in [0.05, 0.1) is 11.0 Å². The second-order valence-corrected chi connectivity index (χ2v) is 5.18. The summed E-state index contributed by atoms with van der Waals surface area (Å²) in [7, 11) is 0. The van der Waals surface area contributed by atoms with E-state index < -0.39 is 12.7 Å². The highest BCUT2D eigenvalue weighted by Crippen LogP contribution is 2.30. The van der Waals surface area contributed by atoms with Gasteiger partial charge < -0.3 is 9.88 Å². The Balaban J connectivity index is 0.00000121. The summed E-state index contributed by atoms with van der Waals surface area (Å²) in [4.78, 5) is 4.46. The number of hydrogen-bond acceptors (Lipinski definition) is 2. The first-order chi connectivity index (χ1) is 9.54. The van der Waals surface area contributed by atoms with Gasteiger partial charge in [-0.3, -0.25) is 0 Å². The van der Waals surface area contributed by atoms with Crippen molar-refractivity contribution in [1.29, 1.82) is 0 Å². The summed E-state index contributed by atoms with van der Waals surface area (Å²) in [5.41, 5.74) is 1.21. The maximum atomic E-state index is 12.8. The van der Waals surface area contributed by atoms with Crippen LogP contribution in [0.1, 0.15) is 24.6 Å². The van der Waals surface area contributed by atoms with Crippen LogP contribution in [0.25, 0.3) is 11.0 Å². The zero-order valence-electron chi connectivity index (χ0n) is 11.8. The summed E-state index contributed by atoms with van der Waals surface area (Å²) in [6.07, 6.45) is -2.56. The topological polar surface area (TPSA) is 29.9 Å². The largest absolute Gasteiger partial charge is 0.406 e. The number of nitrogens with zero attached hydrogens (tertiary/aromatic N) is 2. The molecule has 22 heavy (non-hydrogen) atoms. The molecule has 1 fully saturated rings. The van der Waals surface area contributed by atoms with E-state index in [9.17, 15) is 13.2 Å². The molecule has 3 rings (SSSR count). The predicted molar refractivity (Wildman–Crippen MR) is 85.1 cm³/mol. The summed E-state index contributed by atoms with van der Waals surface area (Å²) in [6.45, 7) is 0.701. The molecule has 0 atom stereocenters. The lowest BCUT2D eigenvalue weighted by Crippen LogP contribution is -2.29. The quantitative estimate of drug-likeness (QED) is 0.884. The van der Waals surface area contributed by atoms with Gasteiger partial charge in [0, 0.05) is 5.92 Å². The lowest BCUT2D eigenvalue weighted by Gasteiger charge is -2.23. The van der Waals surface area contributed by atoms with Crippen LogP contribution in [0.5, 0.6) is 0 Å². The Morgan fingerprint density at radius 1 is 1.14 bits per heavy atom. The van der Waals surface area contributed by atoms with Crippen molar-refractivity contribution in [2.45, 2.75) is 31.5 Å². The Hall–Kier alpha value is -0.980. The van der Waals surface area contributed by atoms with E-state index in [1.54, 1.807) is 24.3 Å². The number of aromatic nitrogens is 2. The van der Waals surface area contributed by atoms with E-state index in [2.05, 4.69) is 10.3 Å². The maximum absolute atomic E-state index is 12.8. The van der Waals surface area contributed by atoms with Gasteiger partial charge in [-0.1, -0.05) is 12.1 Å². The van der Waals surface area contributed by atoms with Crippen molar-refractivity contribution < 1.29 is 13.2 Å². The lowest BCUT2D eigenvalue weighted by atomic mass is 9.97. The molecule has 3 nitrogen and oxygen atoms in total. The normalized spacial score (nSPS) is 16.1. The van der Waals surface area contributed by atoms with Crippen molar-refractivity contribution in [2.75, 3.05) is 13.1 Å². The molecule has 0 bridgehead atoms. The van der Waals surface area contributed by atoms with E-state index in [1.807, 2.05) is 0 Å². The molecule has 1 aliphatic rings. The van der Waals surface area contributed by atoms with E-state index in [1.165, 1.54) is 4.57 Å². The summed E-state index contributed by atoms with van der Waals surface area (Å²) in [6, 6.07) is 7.04. The van der Waals surface area contributed by atoms with Crippen LogP contribution < -0.4 is 5.32 Å². The average Bonchev–Trinajstić information content (AvgIpc) is 2.77. The first kappa shape index (κ1) is 19.1. The van der Waals surface area contributed by atoms with Crippen molar-refractivity contribution in [3.05, 3.63) is 30.1 Å². The van der Waals surface area contributed by atoms with Gasteiger partial charge in [0.25, 0.3) is 0 Å². The second-order valence-electron chi connectivity index (χ2n) is 5.18. The summed E-state index contributed by atoms with van der Waals surface area (Å²) >= 11 is 0. The minimum absolute atomic E-state index is 0. The van der Waals surface area contributed by atoms with Gasteiger partial charge in [-0.25, -0.2) is 4.98 Å².